The number of hydrogen-bond donors (Lipinski definition) is 2. The molecule has 2 bridgehead atoms. The smallest absolute Gasteiger partial charge is 0.319 e. The third-order valence-electron chi connectivity index (χ3n) is 6.78. The average molecular weight is 403 g/mol. The number of piperidine rings is 4. The Bertz CT molecular complexity index is 664. The van der Waals surface area contributed by atoms with Crippen LogP contribution in [0.4, 0.5) is 10.5 Å². The molecule has 4 aliphatic rings. The molecule has 6 heteroatoms. The molecule has 4 fully saturated rings. The van der Waals surface area contributed by atoms with E-state index in [1.807, 2.05) is 24.5 Å². The van der Waals surface area contributed by atoms with Gasteiger partial charge >= 0.3 is 6.03 Å². The van der Waals surface area contributed by atoms with Gasteiger partial charge in [-0.15, -0.1) is 11.8 Å². The summed E-state index contributed by atoms with van der Waals surface area (Å²) in [6.45, 7) is 7.04. The van der Waals surface area contributed by atoms with Crippen LogP contribution in [0, 0.1) is 11.8 Å². The van der Waals surface area contributed by atoms with Crippen molar-refractivity contribution >= 4 is 23.5 Å². The van der Waals surface area contributed by atoms with Crippen molar-refractivity contribution in [3.63, 3.8) is 0 Å². The molecule has 1 aromatic carbocycles. The summed E-state index contributed by atoms with van der Waals surface area (Å²) in [6.07, 6.45) is 8.78. The summed E-state index contributed by atoms with van der Waals surface area (Å²) in [6, 6.07) is 8.40. The summed E-state index contributed by atoms with van der Waals surface area (Å²) in [7, 11) is 0. The molecule has 4 aliphatic heterocycles. The number of amides is 2. The second kappa shape index (κ2) is 9.51. The molecule has 28 heavy (non-hydrogen) atoms. The molecule has 0 radical (unpaired) electrons. The predicted octanol–water partition coefficient (Wildman–Crippen LogP) is 3.73. The van der Waals surface area contributed by atoms with Crippen molar-refractivity contribution in [2.24, 2.45) is 11.8 Å². The van der Waals surface area contributed by atoms with Gasteiger partial charge in [0, 0.05) is 36.3 Å². The Balaban J connectivity index is 1.23. The van der Waals surface area contributed by atoms with E-state index < -0.39 is 0 Å². The van der Waals surface area contributed by atoms with Gasteiger partial charge in [-0.2, -0.15) is 0 Å². The maximum Gasteiger partial charge on any atom is 0.319 e. The molecule has 4 saturated heterocycles. The normalized spacial score (nSPS) is 30.2. The third-order valence-corrected chi connectivity index (χ3v) is 7.51. The van der Waals surface area contributed by atoms with Crippen molar-refractivity contribution < 1.29 is 4.79 Å². The maximum atomic E-state index is 12.3. The third kappa shape index (κ3) is 5.02. The fourth-order valence-electron chi connectivity index (χ4n) is 5.23. The zero-order valence-electron chi connectivity index (χ0n) is 17.0. The Labute approximate surface area is 173 Å². The van der Waals surface area contributed by atoms with E-state index in [1.54, 1.807) is 11.8 Å². The number of nitrogens with one attached hydrogen (secondary N) is 2. The summed E-state index contributed by atoms with van der Waals surface area (Å²) in [5.41, 5.74) is 0.858. The molecule has 4 atom stereocenters. The number of carbonyl (C=O) groups excluding carboxylic acids is 1. The van der Waals surface area contributed by atoms with E-state index in [9.17, 15) is 4.79 Å². The topological polar surface area (TPSA) is 47.6 Å². The van der Waals surface area contributed by atoms with Crippen molar-refractivity contribution in [2.45, 2.75) is 43.0 Å². The average Bonchev–Trinajstić information content (AvgIpc) is 2.74. The highest BCUT2D eigenvalue weighted by atomic mass is 32.2. The van der Waals surface area contributed by atoms with E-state index in [0.29, 0.717) is 6.04 Å². The van der Waals surface area contributed by atoms with Crippen LogP contribution in [-0.2, 0) is 0 Å². The van der Waals surface area contributed by atoms with Gasteiger partial charge in [0.1, 0.15) is 0 Å². The summed E-state index contributed by atoms with van der Waals surface area (Å²) >= 11 is 1.68. The Kier molecular flexibility index (Phi) is 6.81. The molecule has 2 amide bonds. The number of urea groups is 1. The summed E-state index contributed by atoms with van der Waals surface area (Å²) in [5.74, 6) is 1.66. The number of thioether (sulfide) groups is 1. The van der Waals surface area contributed by atoms with E-state index in [2.05, 4.69) is 26.5 Å². The van der Waals surface area contributed by atoms with Gasteiger partial charge in [0.15, 0.2) is 0 Å². The van der Waals surface area contributed by atoms with E-state index in [0.717, 1.165) is 29.0 Å². The minimum absolute atomic E-state index is 0.0919. The van der Waals surface area contributed by atoms with Gasteiger partial charge in [-0.25, -0.2) is 4.79 Å². The highest BCUT2D eigenvalue weighted by Gasteiger charge is 2.40. The number of nitrogens with zero attached hydrogens (tertiary/aromatic N) is 2. The predicted molar refractivity (Wildman–Crippen MR) is 117 cm³/mol. The van der Waals surface area contributed by atoms with Crippen molar-refractivity contribution in [1.29, 1.82) is 0 Å². The lowest BCUT2D eigenvalue weighted by Crippen LogP contribution is -2.58. The van der Waals surface area contributed by atoms with Crippen LogP contribution in [0.5, 0.6) is 0 Å². The Hall–Kier alpha value is -1.24. The number of carbonyl (C=O) groups is 1. The molecule has 5 nitrogen and oxygen atoms in total. The lowest BCUT2D eigenvalue weighted by Gasteiger charge is -2.51. The highest BCUT2D eigenvalue weighted by molar-refractivity contribution is 7.98. The number of anilines is 1. The number of likely N-dealkylation sites (tertiary alicyclic amines) is 1. The maximum absolute atomic E-state index is 12.3. The number of benzene rings is 1. The van der Waals surface area contributed by atoms with Gasteiger partial charge in [-0.05, 0) is 81.6 Å². The minimum atomic E-state index is -0.0919. The quantitative estimate of drug-likeness (QED) is 0.712. The molecule has 0 spiro atoms. The van der Waals surface area contributed by atoms with Crippen LogP contribution < -0.4 is 10.6 Å². The zero-order valence-corrected chi connectivity index (χ0v) is 17.8. The van der Waals surface area contributed by atoms with Crippen LogP contribution in [0.25, 0.3) is 0 Å². The molecular weight excluding hydrogens is 368 g/mol. The van der Waals surface area contributed by atoms with E-state index in [1.165, 1.54) is 64.8 Å². The largest absolute Gasteiger partial charge is 0.336 e. The monoisotopic (exact) mass is 402 g/mol. The first-order valence-corrected chi connectivity index (χ1v) is 12.1. The molecule has 0 aromatic heterocycles. The first-order chi connectivity index (χ1) is 13.7. The number of fused-ring (bicyclic) bond motifs is 3. The molecular formula is C22H34N4OS. The van der Waals surface area contributed by atoms with Crippen molar-refractivity contribution in [3.05, 3.63) is 24.3 Å². The SMILES string of the molecule is CSc1cccc(NC(=O)NCC2CC3CCN2CC3CN2CCCCC2)c1. The lowest BCUT2D eigenvalue weighted by molar-refractivity contribution is -0.0128. The number of rotatable bonds is 6. The minimum Gasteiger partial charge on any atom is -0.336 e. The summed E-state index contributed by atoms with van der Waals surface area (Å²) in [5, 5.41) is 6.09. The lowest BCUT2D eigenvalue weighted by atomic mass is 9.75. The Morgan fingerprint density at radius 2 is 2.07 bits per heavy atom. The first-order valence-electron chi connectivity index (χ1n) is 10.9. The van der Waals surface area contributed by atoms with Crippen LogP contribution >= 0.6 is 11.8 Å². The van der Waals surface area contributed by atoms with Crippen LogP contribution in [0.15, 0.2) is 29.2 Å². The molecule has 154 valence electrons. The van der Waals surface area contributed by atoms with Crippen LogP contribution in [-0.4, -0.2) is 67.4 Å². The van der Waals surface area contributed by atoms with Crippen LogP contribution in [0.2, 0.25) is 0 Å². The van der Waals surface area contributed by atoms with Gasteiger partial charge in [-0.1, -0.05) is 12.5 Å². The van der Waals surface area contributed by atoms with Crippen LogP contribution in [0.3, 0.4) is 0 Å². The molecule has 2 N–H and O–H groups in total. The van der Waals surface area contributed by atoms with Crippen LogP contribution in [0.1, 0.15) is 32.1 Å². The van der Waals surface area contributed by atoms with Gasteiger partial charge in [-0.3, -0.25) is 4.90 Å². The van der Waals surface area contributed by atoms with Gasteiger partial charge < -0.3 is 15.5 Å². The van der Waals surface area contributed by atoms with Crippen molar-refractivity contribution in [2.75, 3.05) is 50.8 Å². The second-order valence-corrected chi connectivity index (χ2v) is 9.50. The molecule has 0 saturated carbocycles. The first kappa shape index (κ1) is 20.0. The molecule has 0 aliphatic carbocycles. The zero-order chi connectivity index (χ0) is 19.3. The van der Waals surface area contributed by atoms with Gasteiger partial charge in [0.25, 0.3) is 0 Å². The molecule has 4 unspecified atom stereocenters. The molecule has 4 heterocycles. The van der Waals surface area contributed by atoms with E-state index in [-0.39, 0.29) is 6.03 Å². The van der Waals surface area contributed by atoms with Gasteiger partial charge in [0.2, 0.25) is 0 Å². The summed E-state index contributed by atoms with van der Waals surface area (Å²) in [4.78, 5) is 18.8. The molecule has 5 rings (SSSR count). The molecule has 1 aromatic rings. The fraction of sp³-hybridized carbons (Fsp3) is 0.682. The van der Waals surface area contributed by atoms with E-state index in [4.69, 9.17) is 0 Å². The van der Waals surface area contributed by atoms with Gasteiger partial charge in [0.05, 0.1) is 0 Å². The Morgan fingerprint density at radius 3 is 2.82 bits per heavy atom. The van der Waals surface area contributed by atoms with E-state index >= 15 is 0 Å². The summed E-state index contributed by atoms with van der Waals surface area (Å²) < 4.78 is 0. The number of hydrogen-bond acceptors (Lipinski definition) is 4. The fourth-order valence-corrected chi connectivity index (χ4v) is 5.69. The standard InChI is InChI=1S/C22H34N4OS/c1-28-21-7-5-6-19(13-21)24-22(27)23-14-20-12-17-8-11-26(20)16-18(17)15-25-9-3-2-4-10-25/h5-7,13,17-18,20H,2-4,8-12,14-16H2,1H3,(H2,23,24,27). The van der Waals surface area contributed by atoms with Crippen molar-refractivity contribution in [1.82, 2.24) is 15.1 Å². The second-order valence-electron chi connectivity index (χ2n) is 8.62. The van der Waals surface area contributed by atoms with Crippen molar-refractivity contribution in [3.8, 4) is 0 Å². The highest BCUT2D eigenvalue weighted by Crippen LogP contribution is 2.36. The Morgan fingerprint density at radius 1 is 1.21 bits per heavy atom.